The molecule has 1 aromatic carbocycles. The monoisotopic (exact) mass is 380 g/mol. The first-order valence-electron chi connectivity index (χ1n) is 9.96. The van der Waals surface area contributed by atoms with Crippen LogP contribution in [0.5, 0.6) is 0 Å². The van der Waals surface area contributed by atoms with Crippen LogP contribution in [0.3, 0.4) is 0 Å². The summed E-state index contributed by atoms with van der Waals surface area (Å²) in [6.07, 6.45) is 5.93. The molecule has 0 radical (unpaired) electrons. The van der Waals surface area contributed by atoms with E-state index in [1.165, 1.54) is 24.7 Å². The predicted molar refractivity (Wildman–Crippen MR) is 112 cm³/mol. The highest BCUT2D eigenvalue weighted by Crippen LogP contribution is 2.22. The van der Waals surface area contributed by atoms with Gasteiger partial charge in [0.2, 0.25) is 0 Å². The molecule has 1 aromatic heterocycles. The average Bonchev–Trinajstić information content (AvgIpc) is 3.27. The molecule has 1 fully saturated rings. The summed E-state index contributed by atoms with van der Waals surface area (Å²) in [6.45, 7) is 4.94. The number of rotatable bonds is 7. The minimum atomic E-state index is -0.249. The van der Waals surface area contributed by atoms with Crippen LogP contribution in [-0.4, -0.2) is 48.4 Å². The van der Waals surface area contributed by atoms with Crippen molar-refractivity contribution in [2.45, 2.75) is 32.6 Å². The van der Waals surface area contributed by atoms with E-state index in [0.29, 0.717) is 12.1 Å². The summed E-state index contributed by atoms with van der Waals surface area (Å²) in [6, 6.07) is 11.1. The zero-order valence-electron chi connectivity index (χ0n) is 16.6. The van der Waals surface area contributed by atoms with E-state index < -0.39 is 0 Å². The van der Waals surface area contributed by atoms with Gasteiger partial charge in [0, 0.05) is 49.8 Å². The molecule has 6 nitrogen and oxygen atoms in total. The fourth-order valence-electron chi connectivity index (χ4n) is 3.32. The van der Waals surface area contributed by atoms with E-state index in [4.69, 9.17) is 0 Å². The summed E-state index contributed by atoms with van der Waals surface area (Å²) in [5.41, 5.74) is 2.63. The lowest BCUT2D eigenvalue weighted by molar-refractivity contribution is 0.0787. The molecule has 6 heteroatoms. The van der Waals surface area contributed by atoms with Crippen molar-refractivity contribution >= 4 is 23.2 Å². The number of hydrogen-bond acceptors (Lipinski definition) is 4. The van der Waals surface area contributed by atoms with Crippen LogP contribution in [0.25, 0.3) is 0 Å². The Morgan fingerprint density at radius 3 is 2.54 bits per heavy atom. The molecule has 1 saturated heterocycles. The number of aromatic nitrogens is 1. The quantitative estimate of drug-likeness (QED) is 0.793. The Labute approximate surface area is 166 Å². The van der Waals surface area contributed by atoms with Gasteiger partial charge in [-0.15, -0.1) is 0 Å². The maximum absolute atomic E-state index is 12.6. The summed E-state index contributed by atoms with van der Waals surface area (Å²) in [4.78, 5) is 33.2. The van der Waals surface area contributed by atoms with Gasteiger partial charge in [0.15, 0.2) is 0 Å². The first-order valence-corrected chi connectivity index (χ1v) is 9.96. The van der Waals surface area contributed by atoms with Crippen LogP contribution in [0.1, 0.15) is 53.5 Å². The van der Waals surface area contributed by atoms with E-state index in [-0.39, 0.29) is 17.5 Å². The minimum absolute atomic E-state index is 0.168. The van der Waals surface area contributed by atoms with Gasteiger partial charge in [-0.2, -0.15) is 0 Å². The standard InChI is InChI=1S/C22H28N4O2/c1-3-4-13-25(2)22(28)20-16-17(11-12-23-20)21(27)24-18-7-9-19(10-8-18)26-14-5-6-15-26/h7-12,16H,3-6,13-15H2,1-2H3,(H,24,27). The Balaban J connectivity index is 1.65. The molecule has 3 rings (SSSR count). The Morgan fingerprint density at radius 2 is 1.86 bits per heavy atom. The van der Waals surface area contributed by atoms with Crippen LogP contribution < -0.4 is 10.2 Å². The summed E-state index contributed by atoms with van der Waals surface area (Å²) in [5, 5.41) is 2.90. The molecule has 148 valence electrons. The highest BCUT2D eigenvalue weighted by atomic mass is 16.2. The van der Waals surface area contributed by atoms with Crippen molar-refractivity contribution in [3.8, 4) is 0 Å². The maximum atomic E-state index is 12.6. The third-order valence-corrected chi connectivity index (χ3v) is 5.03. The summed E-state index contributed by atoms with van der Waals surface area (Å²) in [7, 11) is 1.76. The second kappa shape index (κ2) is 9.35. The van der Waals surface area contributed by atoms with Gasteiger partial charge in [-0.25, -0.2) is 0 Å². The second-order valence-electron chi connectivity index (χ2n) is 7.21. The van der Waals surface area contributed by atoms with Crippen molar-refractivity contribution in [1.82, 2.24) is 9.88 Å². The lowest BCUT2D eigenvalue weighted by Gasteiger charge is -2.18. The fourth-order valence-corrected chi connectivity index (χ4v) is 3.32. The molecule has 1 N–H and O–H groups in total. The molecular weight excluding hydrogens is 352 g/mol. The van der Waals surface area contributed by atoms with Gasteiger partial charge in [-0.3, -0.25) is 14.6 Å². The number of pyridine rings is 1. The zero-order chi connectivity index (χ0) is 19.9. The van der Waals surface area contributed by atoms with Crippen molar-refractivity contribution in [2.75, 3.05) is 36.9 Å². The topological polar surface area (TPSA) is 65.5 Å². The highest BCUT2D eigenvalue weighted by Gasteiger charge is 2.16. The van der Waals surface area contributed by atoms with Gasteiger partial charge in [0.05, 0.1) is 0 Å². The van der Waals surface area contributed by atoms with Crippen LogP contribution in [0.4, 0.5) is 11.4 Å². The third kappa shape index (κ3) is 4.88. The Bertz CT molecular complexity index is 814. The normalized spacial score (nSPS) is 13.4. The predicted octanol–water partition coefficient (Wildman–Crippen LogP) is 3.81. The molecule has 0 saturated carbocycles. The van der Waals surface area contributed by atoms with E-state index in [1.807, 2.05) is 24.3 Å². The van der Waals surface area contributed by atoms with Crippen molar-refractivity contribution in [2.24, 2.45) is 0 Å². The lowest BCUT2D eigenvalue weighted by Crippen LogP contribution is -2.28. The molecule has 2 amide bonds. The van der Waals surface area contributed by atoms with Gasteiger partial charge >= 0.3 is 0 Å². The molecule has 0 spiro atoms. The van der Waals surface area contributed by atoms with E-state index in [9.17, 15) is 9.59 Å². The van der Waals surface area contributed by atoms with E-state index in [1.54, 1.807) is 24.1 Å². The van der Waals surface area contributed by atoms with E-state index in [0.717, 1.165) is 31.6 Å². The Kier molecular flexibility index (Phi) is 6.63. The minimum Gasteiger partial charge on any atom is -0.372 e. The van der Waals surface area contributed by atoms with Crippen LogP contribution >= 0.6 is 0 Å². The van der Waals surface area contributed by atoms with Crippen molar-refractivity contribution < 1.29 is 9.59 Å². The smallest absolute Gasteiger partial charge is 0.272 e. The second-order valence-corrected chi connectivity index (χ2v) is 7.21. The summed E-state index contributed by atoms with van der Waals surface area (Å²) >= 11 is 0. The summed E-state index contributed by atoms with van der Waals surface area (Å²) < 4.78 is 0. The fraction of sp³-hybridized carbons (Fsp3) is 0.409. The number of carbonyl (C=O) groups is 2. The van der Waals surface area contributed by atoms with E-state index >= 15 is 0 Å². The average molecular weight is 380 g/mol. The van der Waals surface area contributed by atoms with Crippen LogP contribution in [0.15, 0.2) is 42.6 Å². The van der Waals surface area contributed by atoms with Crippen molar-refractivity contribution in [3.05, 3.63) is 53.9 Å². The molecule has 0 atom stereocenters. The molecule has 2 aromatic rings. The first kappa shape index (κ1) is 19.9. The number of nitrogens with one attached hydrogen (secondary N) is 1. The number of amides is 2. The molecule has 2 heterocycles. The number of anilines is 2. The van der Waals surface area contributed by atoms with Gasteiger partial charge in [0.1, 0.15) is 5.69 Å². The molecule has 0 unspecified atom stereocenters. The van der Waals surface area contributed by atoms with Gasteiger partial charge in [0.25, 0.3) is 11.8 Å². The van der Waals surface area contributed by atoms with Crippen LogP contribution in [-0.2, 0) is 0 Å². The van der Waals surface area contributed by atoms with Gasteiger partial charge < -0.3 is 15.1 Å². The Morgan fingerprint density at radius 1 is 1.14 bits per heavy atom. The SMILES string of the molecule is CCCCN(C)C(=O)c1cc(C(=O)Nc2ccc(N3CCCC3)cc2)ccn1. The van der Waals surface area contributed by atoms with Crippen molar-refractivity contribution in [1.29, 1.82) is 0 Å². The van der Waals surface area contributed by atoms with Crippen molar-refractivity contribution in [3.63, 3.8) is 0 Å². The molecular formula is C22H28N4O2. The number of nitrogens with zero attached hydrogens (tertiary/aromatic N) is 3. The van der Waals surface area contributed by atoms with E-state index in [2.05, 4.69) is 22.1 Å². The third-order valence-electron chi connectivity index (χ3n) is 5.03. The number of benzene rings is 1. The molecule has 1 aliphatic heterocycles. The van der Waals surface area contributed by atoms with Crippen LogP contribution in [0, 0.1) is 0 Å². The molecule has 28 heavy (non-hydrogen) atoms. The zero-order valence-corrected chi connectivity index (χ0v) is 16.6. The lowest BCUT2D eigenvalue weighted by atomic mass is 10.2. The number of carbonyl (C=O) groups excluding carboxylic acids is 2. The molecule has 0 bridgehead atoms. The largest absolute Gasteiger partial charge is 0.372 e. The number of unbranched alkanes of at least 4 members (excludes halogenated alkanes) is 1. The number of hydrogen-bond donors (Lipinski definition) is 1. The molecule has 0 aliphatic carbocycles. The maximum Gasteiger partial charge on any atom is 0.272 e. The van der Waals surface area contributed by atoms with Crippen LogP contribution in [0.2, 0.25) is 0 Å². The van der Waals surface area contributed by atoms with Gasteiger partial charge in [-0.05, 0) is 55.7 Å². The molecule has 1 aliphatic rings. The highest BCUT2D eigenvalue weighted by molar-refractivity contribution is 6.05. The Hall–Kier alpha value is -2.89. The summed E-state index contributed by atoms with van der Waals surface area (Å²) in [5.74, 6) is -0.417. The van der Waals surface area contributed by atoms with Gasteiger partial charge in [-0.1, -0.05) is 13.3 Å². The first-order chi connectivity index (χ1) is 13.6.